The Morgan fingerprint density at radius 3 is 2.47 bits per heavy atom. The number of hydrogen-bond acceptors (Lipinski definition) is 15. The van der Waals surface area contributed by atoms with Crippen molar-refractivity contribution in [3.05, 3.63) is 105 Å². The first-order chi connectivity index (χ1) is 23.6. The van der Waals surface area contributed by atoms with Crippen molar-refractivity contribution < 1.29 is 63.3 Å². The molecule has 0 aliphatic carbocycles. The van der Waals surface area contributed by atoms with Crippen LogP contribution in [0.25, 0.3) is 0 Å². The van der Waals surface area contributed by atoms with Crippen LogP contribution in [0.5, 0.6) is 0 Å². The smallest absolute Gasteiger partial charge is 0.339 e. The van der Waals surface area contributed by atoms with Crippen molar-refractivity contribution >= 4 is 23.3 Å². The van der Waals surface area contributed by atoms with E-state index in [-0.39, 0.29) is 29.5 Å². The lowest BCUT2D eigenvalue weighted by molar-refractivity contribution is -0.386. The first kappa shape index (κ1) is 35.2. The molecule has 3 saturated heterocycles. The van der Waals surface area contributed by atoms with E-state index in [1.165, 1.54) is 42.7 Å². The van der Waals surface area contributed by atoms with Crippen LogP contribution >= 0.6 is 11.6 Å². The monoisotopic (exact) mass is 704 g/mol. The summed E-state index contributed by atoms with van der Waals surface area (Å²) >= 11 is 5.89. The number of fused-ring (bicyclic) bond motifs is 1. The lowest BCUT2D eigenvalue weighted by Gasteiger charge is -2.48. The van der Waals surface area contributed by atoms with Crippen LogP contribution in [-0.4, -0.2) is 111 Å². The second-order valence-corrected chi connectivity index (χ2v) is 11.9. The van der Waals surface area contributed by atoms with E-state index in [0.717, 1.165) is 0 Å². The molecule has 3 aromatic rings. The maximum absolute atomic E-state index is 12.7. The van der Waals surface area contributed by atoms with Gasteiger partial charge in [0.25, 0.3) is 5.69 Å². The number of aromatic nitrogens is 1. The molecule has 2 aromatic carbocycles. The summed E-state index contributed by atoms with van der Waals surface area (Å²) in [5.74, 6) is -0.779. The molecule has 0 spiro atoms. The molecule has 17 heteroatoms. The summed E-state index contributed by atoms with van der Waals surface area (Å²) in [6.07, 6.45) is -12.6. The summed E-state index contributed by atoms with van der Waals surface area (Å²) < 4.78 is 40.6. The summed E-state index contributed by atoms with van der Waals surface area (Å²) in [6, 6.07) is 16.0. The fourth-order valence-corrected chi connectivity index (χ4v) is 5.85. The summed E-state index contributed by atoms with van der Waals surface area (Å²) in [7, 11) is 0. The van der Waals surface area contributed by atoms with Crippen LogP contribution in [0.15, 0.2) is 73.1 Å². The molecule has 0 bridgehead atoms. The number of benzene rings is 2. The fraction of sp³-hybridized carbons (Fsp3) is 0.438. The largest absolute Gasteiger partial charge is 0.459 e. The summed E-state index contributed by atoms with van der Waals surface area (Å²) in [6.45, 7) is -0.869. The van der Waals surface area contributed by atoms with E-state index in [1.807, 2.05) is 6.07 Å². The number of hydrogen-bond donors (Lipinski definition) is 4. The number of esters is 1. The van der Waals surface area contributed by atoms with Gasteiger partial charge in [-0.1, -0.05) is 48.0 Å². The van der Waals surface area contributed by atoms with Crippen LogP contribution in [0.3, 0.4) is 0 Å². The number of ether oxygens (including phenoxy) is 7. The van der Waals surface area contributed by atoms with Gasteiger partial charge in [-0.2, -0.15) is 0 Å². The number of nitro groups is 1. The normalized spacial score (nSPS) is 33.0. The molecule has 3 aliphatic heterocycles. The Morgan fingerprint density at radius 2 is 1.73 bits per heavy atom. The van der Waals surface area contributed by atoms with Crippen molar-refractivity contribution in [1.82, 2.24) is 4.98 Å². The Balaban J connectivity index is 1.16. The van der Waals surface area contributed by atoms with E-state index < -0.39 is 85.2 Å². The maximum atomic E-state index is 12.7. The minimum Gasteiger partial charge on any atom is -0.459 e. The highest BCUT2D eigenvalue weighted by molar-refractivity contribution is 6.32. The molecule has 4 heterocycles. The van der Waals surface area contributed by atoms with Gasteiger partial charge in [-0.3, -0.25) is 15.1 Å². The van der Waals surface area contributed by atoms with E-state index in [1.54, 1.807) is 24.3 Å². The standard InChI is InChI=1S/C32H33ClN2O14/c33-19-9-8-16(11-20(19)35(41)42)13-44-31-25(38)23(36)28(21(46-31)14-43-29(40)18-7-4-10-34-12-18)49-32-26(39)24(37)27-22(47-32)15-45-30(48-27)17-5-2-1-3-6-17/h1-12,21-28,30-32,36-39H,13-15H2. The van der Waals surface area contributed by atoms with Gasteiger partial charge in [-0.25, -0.2) is 4.79 Å². The van der Waals surface area contributed by atoms with Gasteiger partial charge in [0, 0.05) is 24.0 Å². The minimum absolute atomic E-state index is 0.0366. The van der Waals surface area contributed by atoms with Crippen LogP contribution in [0.4, 0.5) is 5.69 Å². The molecule has 16 nitrogen and oxygen atoms in total. The molecule has 1 aromatic heterocycles. The second-order valence-electron chi connectivity index (χ2n) is 11.5. The number of pyridine rings is 1. The predicted octanol–water partition coefficient (Wildman–Crippen LogP) is 1.41. The van der Waals surface area contributed by atoms with Crippen LogP contribution in [0, 0.1) is 10.1 Å². The summed E-state index contributed by atoms with van der Waals surface area (Å²) in [5, 5.41) is 55.5. The molecule has 0 saturated carbocycles. The van der Waals surface area contributed by atoms with Gasteiger partial charge >= 0.3 is 5.97 Å². The molecule has 11 unspecified atom stereocenters. The number of aliphatic hydroxyl groups excluding tert-OH is 4. The lowest BCUT2D eigenvalue weighted by Crippen LogP contribution is -2.66. The molecule has 3 aliphatic rings. The van der Waals surface area contributed by atoms with Gasteiger partial charge in [0.05, 0.1) is 23.7 Å². The highest BCUT2D eigenvalue weighted by Crippen LogP contribution is 2.36. The van der Waals surface area contributed by atoms with Crippen LogP contribution < -0.4 is 0 Å². The quantitative estimate of drug-likeness (QED) is 0.133. The molecule has 11 atom stereocenters. The zero-order valence-corrected chi connectivity index (χ0v) is 26.3. The van der Waals surface area contributed by atoms with Gasteiger partial charge in [0.15, 0.2) is 18.9 Å². The van der Waals surface area contributed by atoms with Crippen molar-refractivity contribution in [3.63, 3.8) is 0 Å². The Kier molecular flexibility index (Phi) is 11.1. The first-order valence-corrected chi connectivity index (χ1v) is 15.6. The van der Waals surface area contributed by atoms with E-state index in [9.17, 15) is 35.3 Å². The number of rotatable bonds is 10. The summed E-state index contributed by atoms with van der Waals surface area (Å²) in [4.78, 5) is 27.3. The van der Waals surface area contributed by atoms with Gasteiger partial charge in [0.1, 0.15) is 60.5 Å². The molecule has 4 N–H and O–H groups in total. The molecule has 0 radical (unpaired) electrons. The van der Waals surface area contributed by atoms with Gasteiger partial charge in [-0.15, -0.1) is 0 Å². The second kappa shape index (κ2) is 15.5. The average molecular weight is 705 g/mol. The summed E-state index contributed by atoms with van der Waals surface area (Å²) in [5.41, 5.74) is 0.779. The van der Waals surface area contributed by atoms with Crippen molar-refractivity contribution in [3.8, 4) is 0 Å². The van der Waals surface area contributed by atoms with Crippen LogP contribution in [0.1, 0.15) is 27.8 Å². The van der Waals surface area contributed by atoms with E-state index >= 15 is 0 Å². The third-order valence-corrected chi connectivity index (χ3v) is 8.55. The van der Waals surface area contributed by atoms with Crippen molar-refractivity contribution in [2.75, 3.05) is 13.2 Å². The van der Waals surface area contributed by atoms with E-state index in [4.69, 9.17) is 44.8 Å². The predicted molar refractivity (Wildman–Crippen MR) is 164 cm³/mol. The van der Waals surface area contributed by atoms with Crippen LogP contribution in [0.2, 0.25) is 5.02 Å². The molecular weight excluding hydrogens is 672 g/mol. The molecule has 0 amide bonds. The Hall–Kier alpha value is -3.65. The topological polar surface area (TPSA) is 219 Å². The first-order valence-electron chi connectivity index (χ1n) is 15.2. The fourth-order valence-electron chi connectivity index (χ4n) is 5.66. The van der Waals surface area contributed by atoms with E-state index in [0.29, 0.717) is 11.1 Å². The number of nitro benzene ring substituents is 1. The SMILES string of the molecule is O=C(OCC1OC(OCc2ccc(Cl)c([N+](=O)[O-])c2)C(O)C(O)C1OC1OC2COC(c3ccccc3)OC2C(O)C1O)c1cccnc1. The van der Waals surface area contributed by atoms with Gasteiger partial charge in [-0.05, 0) is 23.8 Å². The highest BCUT2D eigenvalue weighted by Gasteiger charge is 2.53. The van der Waals surface area contributed by atoms with Crippen molar-refractivity contribution in [1.29, 1.82) is 0 Å². The highest BCUT2D eigenvalue weighted by atomic mass is 35.5. The third-order valence-electron chi connectivity index (χ3n) is 8.23. The van der Waals surface area contributed by atoms with Crippen LogP contribution in [-0.2, 0) is 39.8 Å². The van der Waals surface area contributed by atoms with Crippen molar-refractivity contribution in [2.24, 2.45) is 0 Å². The maximum Gasteiger partial charge on any atom is 0.339 e. The number of nitrogens with zero attached hydrogens (tertiary/aromatic N) is 2. The molecule has 3 fully saturated rings. The number of aliphatic hydroxyl groups is 4. The zero-order valence-electron chi connectivity index (χ0n) is 25.5. The van der Waals surface area contributed by atoms with Crippen molar-refractivity contribution in [2.45, 2.75) is 74.3 Å². The Morgan fingerprint density at radius 1 is 0.959 bits per heavy atom. The molecule has 6 rings (SSSR count). The molecule has 49 heavy (non-hydrogen) atoms. The number of carbonyl (C=O) groups excluding carboxylic acids is 1. The van der Waals surface area contributed by atoms with E-state index in [2.05, 4.69) is 4.98 Å². The number of carbonyl (C=O) groups is 1. The van der Waals surface area contributed by atoms with Gasteiger partial charge in [0.2, 0.25) is 0 Å². The lowest BCUT2D eigenvalue weighted by atomic mass is 9.96. The molecular formula is C32H33ClN2O14. The third kappa shape index (κ3) is 7.90. The minimum atomic E-state index is -1.77. The Bertz CT molecular complexity index is 1590. The zero-order chi connectivity index (χ0) is 34.7. The molecule has 262 valence electrons. The number of halogens is 1. The van der Waals surface area contributed by atoms with Gasteiger partial charge < -0.3 is 53.6 Å². The average Bonchev–Trinajstić information content (AvgIpc) is 3.12. The Labute approximate surface area is 283 Å².